The molecule has 0 radical (unpaired) electrons. The van der Waals surface area contributed by atoms with Crippen LogP contribution in [0.3, 0.4) is 0 Å². The van der Waals surface area contributed by atoms with E-state index in [4.69, 9.17) is 5.11 Å². The topological polar surface area (TPSA) is 35.5 Å². The van der Waals surface area contributed by atoms with Gasteiger partial charge >= 0.3 is 0 Å². The Bertz CT molecular complexity index is 173. The van der Waals surface area contributed by atoms with Crippen LogP contribution in [0.25, 0.3) is 0 Å². The van der Waals surface area contributed by atoms with Gasteiger partial charge in [0.2, 0.25) is 0 Å². The zero-order valence-corrected chi connectivity index (χ0v) is 10.4. The summed E-state index contributed by atoms with van der Waals surface area (Å²) in [5.74, 6) is 0. The first-order valence-corrected chi connectivity index (χ1v) is 6.24. The van der Waals surface area contributed by atoms with Crippen molar-refractivity contribution in [1.82, 2.24) is 10.2 Å². The molecular formula is C12H26N2O. The summed E-state index contributed by atoms with van der Waals surface area (Å²) >= 11 is 0. The molecule has 1 fully saturated rings. The molecule has 0 aromatic heterocycles. The first-order chi connectivity index (χ1) is 7.13. The van der Waals surface area contributed by atoms with E-state index in [0.717, 1.165) is 0 Å². The normalized spacial score (nSPS) is 26.6. The smallest absolute Gasteiger partial charge is 0.0582 e. The minimum atomic E-state index is 0.237. The van der Waals surface area contributed by atoms with Crippen molar-refractivity contribution in [1.29, 1.82) is 0 Å². The third-order valence-electron chi connectivity index (χ3n) is 3.29. The predicted octanol–water partition coefficient (Wildman–Crippen LogP) is 1.22. The lowest BCUT2D eigenvalue weighted by atomic mass is 10.1. The summed E-state index contributed by atoms with van der Waals surface area (Å²) in [6.45, 7) is 9.24. The molecule has 1 aliphatic rings. The fourth-order valence-electron chi connectivity index (χ4n) is 2.26. The lowest BCUT2D eigenvalue weighted by Crippen LogP contribution is -2.39. The van der Waals surface area contributed by atoms with Crippen LogP contribution in [0, 0.1) is 0 Å². The van der Waals surface area contributed by atoms with Crippen LogP contribution in [0.2, 0.25) is 0 Å². The second-order valence-electron chi connectivity index (χ2n) is 5.01. The molecule has 1 rings (SSSR count). The van der Waals surface area contributed by atoms with E-state index in [1.54, 1.807) is 0 Å². The van der Waals surface area contributed by atoms with E-state index in [0.29, 0.717) is 12.1 Å². The van der Waals surface area contributed by atoms with Gasteiger partial charge in [-0.15, -0.1) is 0 Å². The first kappa shape index (κ1) is 12.9. The Kier molecular flexibility index (Phi) is 5.58. The highest BCUT2D eigenvalue weighted by atomic mass is 16.3. The van der Waals surface area contributed by atoms with Crippen LogP contribution < -0.4 is 5.32 Å². The molecule has 0 amide bonds. The number of nitrogens with one attached hydrogen (secondary N) is 1. The Morgan fingerprint density at radius 2 is 2.00 bits per heavy atom. The highest BCUT2D eigenvalue weighted by molar-refractivity contribution is 4.78. The number of aliphatic hydroxyl groups excluding tert-OH is 1. The molecule has 0 spiro atoms. The standard InChI is InChI=1S/C12H26N2O/c1-10(2)14-7-4-5-12(6-8-14)13-11(3)9-15/h10-13,15H,4-9H2,1-3H3/t11-,12?/m1/s1. The summed E-state index contributed by atoms with van der Waals surface area (Å²) < 4.78 is 0. The van der Waals surface area contributed by atoms with Gasteiger partial charge in [0.15, 0.2) is 0 Å². The second kappa shape index (κ2) is 6.46. The fourth-order valence-corrected chi connectivity index (χ4v) is 2.26. The molecule has 1 saturated heterocycles. The number of nitrogens with zero attached hydrogens (tertiary/aromatic N) is 1. The van der Waals surface area contributed by atoms with Crippen molar-refractivity contribution in [2.24, 2.45) is 0 Å². The van der Waals surface area contributed by atoms with Gasteiger partial charge in [0, 0.05) is 18.1 Å². The lowest BCUT2D eigenvalue weighted by Gasteiger charge is -2.25. The first-order valence-electron chi connectivity index (χ1n) is 6.24. The van der Waals surface area contributed by atoms with Gasteiger partial charge in [0.25, 0.3) is 0 Å². The molecule has 1 unspecified atom stereocenters. The highest BCUT2D eigenvalue weighted by Crippen LogP contribution is 2.13. The van der Waals surface area contributed by atoms with Crippen LogP contribution in [0.4, 0.5) is 0 Å². The number of aliphatic hydroxyl groups is 1. The lowest BCUT2D eigenvalue weighted by molar-refractivity contribution is 0.220. The van der Waals surface area contributed by atoms with Crippen LogP contribution >= 0.6 is 0 Å². The minimum Gasteiger partial charge on any atom is -0.395 e. The van der Waals surface area contributed by atoms with Crippen LogP contribution in [0.15, 0.2) is 0 Å². The molecule has 3 nitrogen and oxygen atoms in total. The molecular weight excluding hydrogens is 188 g/mol. The largest absolute Gasteiger partial charge is 0.395 e. The maximum Gasteiger partial charge on any atom is 0.0582 e. The Hall–Kier alpha value is -0.120. The molecule has 0 aliphatic carbocycles. The Morgan fingerprint density at radius 3 is 2.60 bits per heavy atom. The van der Waals surface area contributed by atoms with Gasteiger partial charge in [-0.05, 0) is 53.1 Å². The molecule has 1 heterocycles. The van der Waals surface area contributed by atoms with Gasteiger partial charge in [-0.3, -0.25) is 0 Å². The van der Waals surface area contributed by atoms with Crippen molar-refractivity contribution in [3.8, 4) is 0 Å². The SMILES string of the molecule is CC(C)N1CCCC(N[C@H](C)CO)CC1. The van der Waals surface area contributed by atoms with Crippen molar-refractivity contribution in [2.75, 3.05) is 19.7 Å². The van der Waals surface area contributed by atoms with Crippen LogP contribution in [0.1, 0.15) is 40.0 Å². The highest BCUT2D eigenvalue weighted by Gasteiger charge is 2.19. The van der Waals surface area contributed by atoms with Crippen LogP contribution in [-0.4, -0.2) is 47.8 Å². The van der Waals surface area contributed by atoms with Crippen LogP contribution in [0.5, 0.6) is 0 Å². The van der Waals surface area contributed by atoms with Crippen molar-refractivity contribution in [3.05, 3.63) is 0 Å². The summed E-state index contributed by atoms with van der Waals surface area (Å²) in [7, 11) is 0. The summed E-state index contributed by atoms with van der Waals surface area (Å²) in [4.78, 5) is 2.55. The van der Waals surface area contributed by atoms with Crippen LogP contribution in [-0.2, 0) is 0 Å². The monoisotopic (exact) mass is 214 g/mol. The maximum atomic E-state index is 9.00. The van der Waals surface area contributed by atoms with Gasteiger partial charge in [-0.2, -0.15) is 0 Å². The quantitative estimate of drug-likeness (QED) is 0.738. The van der Waals surface area contributed by atoms with Gasteiger partial charge in [0.05, 0.1) is 6.61 Å². The number of likely N-dealkylation sites (tertiary alicyclic amines) is 1. The number of rotatable bonds is 4. The number of hydrogen-bond donors (Lipinski definition) is 2. The zero-order valence-electron chi connectivity index (χ0n) is 10.4. The van der Waals surface area contributed by atoms with Gasteiger partial charge in [0.1, 0.15) is 0 Å². The van der Waals surface area contributed by atoms with Crippen molar-refractivity contribution >= 4 is 0 Å². The van der Waals surface area contributed by atoms with E-state index >= 15 is 0 Å². The zero-order chi connectivity index (χ0) is 11.3. The maximum absolute atomic E-state index is 9.00. The van der Waals surface area contributed by atoms with E-state index in [2.05, 4.69) is 24.1 Å². The van der Waals surface area contributed by atoms with Crippen molar-refractivity contribution < 1.29 is 5.11 Å². The average Bonchev–Trinajstić information content (AvgIpc) is 2.43. The van der Waals surface area contributed by atoms with Crippen molar-refractivity contribution in [3.63, 3.8) is 0 Å². The molecule has 15 heavy (non-hydrogen) atoms. The Morgan fingerprint density at radius 1 is 1.27 bits per heavy atom. The molecule has 0 saturated carbocycles. The van der Waals surface area contributed by atoms with Gasteiger partial charge in [-0.25, -0.2) is 0 Å². The Labute approximate surface area is 93.9 Å². The minimum absolute atomic E-state index is 0.237. The molecule has 1 aliphatic heterocycles. The molecule has 2 atom stereocenters. The Balaban J connectivity index is 2.32. The van der Waals surface area contributed by atoms with E-state index < -0.39 is 0 Å². The molecule has 90 valence electrons. The predicted molar refractivity (Wildman–Crippen MR) is 64.0 cm³/mol. The molecule has 0 aromatic rings. The molecule has 2 N–H and O–H groups in total. The second-order valence-corrected chi connectivity index (χ2v) is 5.01. The molecule has 0 bridgehead atoms. The van der Waals surface area contributed by atoms with E-state index in [9.17, 15) is 0 Å². The fraction of sp³-hybridized carbons (Fsp3) is 1.00. The van der Waals surface area contributed by atoms with Crippen molar-refractivity contribution in [2.45, 2.75) is 58.2 Å². The van der Waals surface area contributed by atoms with E-state index in [1.807, 2.05) is 6.92 Å². The summed E-state index contributed by atoms with van der Waals surface area (Å²) in [5.41, 5.74) is 0. The van der Waals surface area contributed by atoms with Gasteiger partial charge < -0.3 is 15.3 Å². The third-order valence-corrected chi connectivity index (χ3v) is 3.29. The summed E-state index contributed by atoms with van der Waals surface area (Å²) in [6.07, 6.45) is 3.73. The van der Waals surface area contributed by atoms with Gasteiger partial charge in [-0.1, -0.05) is 0 Å². The molecule has 3 heteroatoms. The third kappa shape index (κ3) is 4.49. The molecule has 0 aromatic carbocycles. The average molecular weight is 214 g/mol. The summed E-state index contributed by atoms with van der Waals surface area (Å²) in [6, 6.07) is 1.50. The van der Waals surface area contributed by atoms with E-state index in [-0.39, 0.29) is 12.6 Å². The van der Waals surface area contributed by atoms with E-state index in [1.165, 1.54) is 32.4 Å². The summed E-state index contributed by atoms with van der Waals surface area (Å²) in [5, 5.41) is 12.5. The number of hydrogen-bond acceptors (Lipinski definition) is 3.